The predicted molar refractivity (Wildman–Crippen MR) is 74.5 cm³/mol. The quantitative estimate of drug-likeness (QED) is 0.882. The first-order valence-corrected chi connectivity index (χ1v) is 6.27. The Bertz CT molecular complexity index is 540. The van der Waals surface area contributed by atoms with Gasteiger partial charge in [-0.15, -0.1) is 0 Å². The minimum atomic E-state index is -0.380. The van der Waals surface area contributed by atoms with Gasteiger partial charge in [0.15, 0.2) is 0 Å². The number of likely N-dealkylation sites (N-methyl/N-ethyl adjacent to an activating group) is 1. The second kappa shape index (κ2) is 5.98. The zero-order valence-corrected chi connectivity index (χ0v) is 11.0. The van der Waals surface area contributed by atoms with Gasteiger partial charge < -0.3 is 5.32 Å². The molecule has 0 unspecified atom stereocenters. The molecule has 0 radical (unpaired) electrons. The average Bonchev–Trinajstić information content (AvgIpc) is 2.40. The highest BCUT2D eigenvalue weighted by atomic mass is 35.5. The van der Waals surface area contributed by atoms with Crippen LogP contribution in [0.1, 0.15) is 5.56 Å². The molecule has 0 heterocycles. The molecule has 94 valence electrons. The summed E-state index contributed by atoms with van der Waals surface area (Å²) in [6.45, 7) is 0.929. The van der Waals surface area contributed by atoms with E-state index in [0.29, 0.717) is 0 Å². The fraction of sp³-hybridized carbons (Fsp3) is 0.200. The minimum absolute atomic E-state index is 0.157. The fourth-order valence-corrected chi connectivity index (χ4v) is 1.97. The Balaban J connectivity index is 2.29. The predicted octanol–water partition coefficient (Wildman–Crippen LogP) is 3.91. The van der Waals surface area contributed by atoms with Crippen LogP contribution in [0.4, 0.5) is 4.39 Å². The maximum Gasteiger partial charge on any atom is 0.142 e. The van der Waals surface area contributed by atoms with Gasteiger partial charge in [0, 0.05) is 0 Å². The van der Waals surface area contributed by atoms with Crippen molar-refractivity contribution >= 4 is 11.6 Å². The molecular weight excluding hydrogens is 249 g/mol. The van der Waals surface area contributed by atoms with Crippen LogP contribution in [0.25, 0.3) is 11.1 Å². The van der Waals surface area contributed by atoms with Crippen molar-refractivity contribution in [3.8, 4) is 11.1 Å². The maximum atomic E-state index is 13.4. The second-order valence-corrected chi connectivity index (χ2v) is 4.59. The van der Waals surface area contributed by atoms with Crippen molar-refractivity contribution in [3.05, 3.63) is 58.9 Å². The molecule has 2 aromatic rings. The molecule has 0 saturated heterocycles. The molecule has 0 saturated carbocycles. The van der Waals surface area contributed by atoms with E-state index in [4.69, 9.17) is 11.6 Å². The molecular formula is C15H15ClFN. The standard InChI is InChI=1S/C15H15ClFN/c1-18-8-7-11-3-2-4-12(9-11)13-5-6-14(16)15(17)10-13/h2-6,9-10,18H,7-8H2,1H3. The van der Waals surface area contributed by atoms with Crippen LogP contribution in [0.3, 0.4) is 0 Å². The highest BCUT2D eigenvalue weighted by Gasteiger charge is 2.04. The van der Waals surface area contributed by atoms with Crippen LogP contribution in [0.15, 0.2) is 42.5 Å². The SMILES string of the molecule is CNCCc1cccc(-c2ccc(Cl)c(F)c2)c1. The van der Waals surface area contributed by atoms with E-state index < -0.39 is 0 Å². The Kier molecular flexibility index (Phi) is 4.34. The normalized spacial score (nSPS) is 10.6. The average molecular weight is 264 g/mol. The van der Waals surface area contributed by atoms with E-state index in [1.165, 1.54) is 11.6 Å². The summed E-state index contributed by atoms with van der Waals surface area (Å²) in [6, 6.07) is 13.0. The number of benzene rings is 2. The molecule has 2 aromatic carbocycles. The lowest BCUT2D eigenvalue weighted by Gasteiger charge is -2.06. The topological polar surface area (TPSA) is 12.0 Å². The first-order chi connectivity index (χ1) is 8.70. The first-order valence-electron chi connectivity index (χ1n) is 5.89. The van der Waals surface area contributed by atoms with Crippen LogP contribution in [-0.4, -0.2) is 13.6 Å². The van der Waals surface area contributed by atoms with Gasteiger partial charge in [0.05, 0.1) is 5.02 Å². The van der Waals surface area contributed by atoms with Crippen molar-refractivity contribution in [2.45, 2.75) is 6.42 Å². The lowest BCUT2D eigenvalue weighted by molar-refractivity contribution is 0.629. The molecule has 0 spiro atoms. The number of rotatable bonds is 4. The summed E-state index contributed by atoms with van der Waals surface area (Å²) < 4.78 is 13.4. The third-order valence-electron chi connectivity index (χ3n) is 2.84. The number of hydrogen-bond donors (Lipinski definition) is 1. The van der Waals surface area contributed by atoms with Crippen LogP contribution in [0.5, 0.6) is 0 Å². The molecule has 0 fully saturated rings. The molecule has 0 aromatic heterocycles. The van der Waals surface area contributed by atoms with Gasteiger partial charge in [-0.1, -0.05) is 41.9 Å². The van der Waals surface area contributed by atoms with Gasteiger partial charge in [-0.3, -0.25) is 0 Å². The van der Waals surface area contributed by atoms with Gasteiger partial charge in [0.1, 0.15) is 5.82 Å². The van der Waals surface area contributed by atoms with Crippen molar-refractivity contribution in [1.29, 1.82) is 0 Å². The highest BCUT2D eigenvalue weighted by molar-refractivity contribution is 6.30. The van der Waals surface area contributed by atoms with E-state index in [9.17, 15) is 4.39 Å². The van der Waals surface area contributed by atoms with Gasteiger partial charge in [0.2, 0.25) is 0 Å². The van der Waals surface area contributed by atoms with E-state index in [-0.39, 0.29) is 10.8 Å². The monoisotopic (exact) mass is 263 g/mol. The van der Waals surface area contributed by atoms with E-state index in [0.717, 1.165) is 24.1 Å². The van der Waals surface area contributed by atoms with Gasteiger partial charge in [-0.05, 0) is 48.8 Å². The highest BCUT2D eigenvalue weighted by Crippen LogP contribution is 2.25. The summed E-state index contributed by atoms with van der Waals surface area (Å²) in [5.74, 6) is -0.380. The molecule has 0 aliphatic heterocycles. The van der Waals surface area contributed by atoms with Crippen molar-refractivity contribution in [2.75, 3.05) is 13.6 Å². The Morgan fingerprint density at radius 3 is 2.61 bits per heavy atom. The van der Waals surface area contributed by atoms with Crippen LogP contribution < -0.4 is 5.32 Å². The molecule has 0 atom stereocenters. The molecule has 2 rings (SSSR count). The molecule has 0 aliphatic rings. The Morgan fingerprint density at radius 1 is 1.11 bits per heavy atom. The van der Waals surface area contributed by atoms with E-state index >= 15 is 0 Å². The molecule has 1 N–H and O–H groups in total. The van der Waals surface area contributed by atoms with Crippen molar-refractivity contribution in [1.82, 2.24) is 5.32 Å². The number of nitrogens with one attached hydrogen (secondary N) is 1. The largest absolute Gasteiger partial charge is 0.319 e. The molecule has 1 nitrogen and oxygen atoms in total. The smallest absolute Gasteiger partial charge is 0.142 e. The number of hydrogen-bond acceptors (Lipinski definition) is 1. The fourth-order valence-electron chi connectivity index (χ4n) is 1.85. The third kappa shape index (κ3) is 3.09. The summed E-state index contributed by atoms with van der Waals surface area (Å²) in [5, 5.41) is 3.27. The summed E-state index contributed by atoms with van der Waals surface area (Å²) in [7, 11) is 1.93. The zero-order valence-electron chi connectivity index (χ0n) is 10.2. The summed E-state index contributed by atoms with van der Waals surface area (Å²) in [4.78, 5) is 0. The number of halogens is 2. The molecule has 0 bridgehead atoms. The molecule has 0 aliphatic carbocycles. The van der Waals surface area contributed by atoms with E-state index in [1.54, 1.807) is 6.07 Å². The summed E-state index contributed by atoms with van der Waals surface area (Å²) in [6.07, 6.45) is 0.959. The van der Waals surface area contributed by atoms with Gasteiger partial charge in [-0.2, -0.15) is 0 Å². The van der Waals surface area contributed by atoms with Gasteiger partial charge in [0.25, 0.3) is 0 Å². The van der Waals surface area contributed by atoms with E-state index in [2.05, 4.69) is 17.4 Å². The maximum absolute atomic E-state index is 13.4. The summed E-state index contributed by atoms with van der Waals surface area (Å²) in [5.41, 5.74) is 3.10. The van der Waals surface area contributed by atoms with Crippen molar-refractivity contribution in [3.63, 3.8) is 0 Å². The Labute approximate surface area is 112 Å². The van der Waals surface area contributed by atoms with Crippen molar-refractivity contribution in [2.24, 2.45) is 0 Å². The third-order valence-corrected chi connectivity index (χ3v) is 3.15. The van der Waals surface area contributed by atoms with Gasteiger partial charge in [-0.25, -0.2) is 4.39 Å². The van der Waals surface area contributed by atoms with Crippen LogP contribution in [-0.2, 0) is 6.42 Å². The molecule has 0 amide bonds. The van der Waals surface area contributed by atoms with E-state index in [1.807, 2.05) is 25.2 Å². The molecule has 18 heavy (non-hydrogen) atoms. The molecule has 3 heteroatoms. The second-order valence-electron chi connectivity index (χ2n) is 4.18. The first kappa shape index (κ1) is 13.1. The zero-order chi connectivity index (χ0) is 13.0. The van der Waals surface area contributed by atoms with Crippen molar-refractivity contribution < 1.29 is 4.39 Å². The Hall–Kier alpha value is -1.38. The minimum Gasteiger partial charge on any atom is -0.319 e. The Morgan fingerprint density at radius 2 is 1.89 bits per heavy atom. The van der Waals surface area contributed by atoms with Crippen LogP contribution in [0.2, 0.25) is 5.02 Å². The summed E-state index contributed by atoms with van der Waals surface area (Å²) >= 11 is 5.68. The van der Waals surface area contributed by atoms with Gasteiger partial charge >= 0.3 is 0 Å². The lowest BCUT2D eigenvalue weighted by atomic mass is 10.0. The van der Waals surface area contributed by atoms with Crippen LogP contribution in [0, 0.1) is 5.82 Å². The lowest BCUT2D eigenvalue weighted by Crippen LogP contribution is -2.10. The van der Waals surface area contributed by atoms with Crippen LogP contribution >= 0.6 is 11.6 Å².